The van der Waals surface area contributed by atoms with Crippen LogP contribution in [0.15, 0.2) is 24.3 Å². The molecule has 1 aromatic rings. The first kappa shape index (κ1) is 28.4. The SMILES string of the molecule is COC(=O)[C@H](C[C@@H]1CCNC1=O)NC(=O)[C@H](CC(C)C)NC(=O)OCC(C)(C)c1cccc(Cl)c1. The van der Waals surface area contributed by atoms with Gasteiger partial charge in [-0.2, -0.15) is 0 Å². The van der Waals surface area contributed by atoms with Crippen LogP contribution in [0.2, 0.25) is 5.02 Å². The summed E-state index contributed by atoms with van der Waals surface area (Å²) in [7, 11) is 1.22. The molecule has 1 heterocycles. The molecule has 0 aliphatic carbocycles. The molecule has 0 saturated carbocycles. The molecule has 0 radical (unpaired) electrons. The fraction of sp³-hybridized carbons (Fsp3) is 0.600. The van der Waals surface area contributed by atoms with Crippen molar-refractivity contribution in [2.24, 2.45) is 11.8 Å². The summed E-state index contributed by atoms with van der Waals surface area (Å²) in [4.78, 5) is 49.9. The Morgan fingerprint density at radius 1 is 1.20 bits per heavy atom. The van der Waals surface area contributed by atoms with E-state index in [0.717, 1.165) is 5.56 Å². The highest BCUT2D eigenvalue weighted by Gasteiger charge is 2.34. The van der Waals surface area contributed by atoms with Crippen molar-refractivity contribution >= 4 is 35.5 Å². The van der Waals surface area contributed by atoms with Crippen LogP contribution >= 0.6 is 11.6 Å². The van der Waals surface area contributed by atoms with Gasteiger partial charge in [0.25, 0.3) is 0 Å². The van der Waals surface area contributed by atoms with E-state index in [-0.39, 0.29) is 24.9 Å². The molecule has 1 fully saturated rings. The third kappa shape index (κ3) is 8.72. The second kappa shape index (κ2) is 12.8. The van der Waals surface area contributed by atoms with Crippen LogP contribution in [0.4, 0.5) is 4.79 Å². The highest BCUT2D eigenvalue weighted by molar-refractivity contribution is 6.30. The second-order valence-electron chi connectivity index (χ2n) is 9.89. The Morgan fingerprint density at radius 2 is 1.91 bits per heavy atom. The van der Waals surface area contributed by atoms with Gasteiger partial charge in [0.15, 0.2) is 0 Å². The molecule has 1 aliphatic heterocycles. The number of hydrogen-bond donors (Lipinski definition) is 3. The second-order valence-corrected chi connectivity index (χ2v) is 10.3. The van der Waals surface area contributed by atoms with Gasteiger partial charge >= 0.3 is 12.1 Å². The molecule has 1 aliphatic rings. The number of amides is 3. The maximum Gasteiger partial charge on any atom is 0.407 e. The molecule has 3 atom stereocenters. The van der Waals surface area contributed by atoms with E-state index in [1.807, 2.05) is 45.9 Å². The molecule has 194 valence electrons. The number of esters is 1. The van der Waals surface area contributed by atoms with Crippen molar-refractivity contribution in [3.05, 3.63) is 34.9 Å². The third-order valence-corrected chi connectivity index (χ3v) is 6.21. The number of carbonyl (C=O) groups is 4. The smallest absolute Gasteiger partial charge is 0.407 e. The van der Waals surface area contributed by atoms with Crippen molar-refractivity contribution in [2.45, 2.75) is 64.5 Å². The van der Waals surface area contributed by atoms with Crippen LogP contribution in [0, 0.1) is 11.8 Å². The fourth-order valence-electron chi connectivity index (χ4n) is 3.91. The Hall–Kier alpha value is -2.81. The Balaban J connectivity index is 2.03. The summed E-state index contributed by atoms with van der Waals surface area (Å²) in [5.41, 5.74) is 0.404. The number of nitrogens with one attached hydrogen (secondary N) is 3. The van der Waals surface area contributed by atoms with E-state index in [0.29, 0.717) is 24.4 Å². The molecule has 3 N–H and O–H groups in total. The zero-order chi connectivity index (χ0) is 26.2. The minimum Gasteiger partial charge on any atom is -0.467 e. The van der Waals surface area contributed by atoms with Crippen molar-refractivity contribution in [3.63, 3.8) is 0 Å². The maximum atomic E-state index is 13.1. The van der Waals surface area contributed by atoms with Crippen molar-refractivity contribution in [2.75, 3.05) is 20.3 Å². The van der Waals surface area contributed by atoms with Crippen LogP contribution in [-0.4, -0.2) is 56.2 Å². The zero-order valence-corrected chi connectivity index (χ0v) is 21.7. The summed E-state index contributed by atoms with van der Waals surface area (Å²) in [5.74, 6) is -1.66. The van der Waals surface area contributed by atoms with E-state index in [4.69, 9.17) is 21.1 Å². The third-order valence-electron chi connectivity index (χ3n) is 5.97. The molecule has 0 unspecified atom stereocenters. The summed E-state index contributed by atoms with van der Waals surface area (Å²) < 4.78 is 10.3. The van der Waals surface area contributed by atoms with Gasteiger partial charge in [-0.25, -0.2) is 9.59 Å². The van der Waals surface area contributed by atoms with Gasteiger partial charge < -0.3 is 25.4 Å². The summed E-state index contributed by atoms with van der Waals surface area (Å²) in [5, 5.41) is 8.57. The number of halogens is 1. The normalized spacial score (nSPS) is 17.3. The number of alkyl carbamates (subject to hydrolysis) is 1. The van der Waals surface area contributed by atoms with Crippen molar-refractivity contribution < 1.29 is 28.7 Å². The van der Waals surface area contributed by atoms with Crippen molar-refractivity contribution in [3.8, 4) is 0 Å². The predicted octanol–water partition coefficient (Wildman–Crippen LogP) is 2.94. The highest BCUT2D eigenvalue weighted by atomic mass is 35.5. The number of benzene rings is 1. The van der Waals surface area contributed by atoms with Crippen LogP contribution in [0.3, 0.4) is 0 Å². The minimum absolute atomic E-state index is 0.0662. The standard InChI is InChI=1S/C25H36ClN3O6/c1-15(2)11-19(22(31)28-20(23(32)34-5)12-16-9-10-27-21(16)30)29-24(33)35-14-25(3,4)17-7-6-8-18(26)13-17/h6-8,13,15-16,19-20H,9-12,14H2,1-5H3,(H,27,30)(H,28,31)(H,29,33)/t16-,19-,20-/m0/s1. The summed E-state index contributed by atoms with van der Waals surface area (Å²) in [6.45, 7) is 8.26. The number of methoxy groups -OCH3 is 1. The molecular formula is C25H36ClN3O6. The fourth-order valence-corrected chi connectivity index (χ4v) is 4.10. The van der Waals surface area contributed by atoms with Crippen molar-refractivity contribution in [1.29, 1.82) is 0 Å². The topological polar surface area (TPSA) is 123 Å². The molecule has 0 spiro atoms. The lowest BCUT2D eigenvalue weighted by atomic mass is 9.86. The Morgan fingerprint density at radius 3 is 2.49 bits per heavy atom. The number of carbonyl (C=O) groups excluding carboxylic acids is 4. The average Bonchev–Trinajstić information content (AvgIpc) is 3.20. The molecule has 3 amide bonds. The van der Waals surface area contributed by atoms with E-state index in [1.165, 1.54) is 7.11 Å². The van der Waals surface area contributed by atoms with Gasteiger partial charge in [-0.05, 0) is 42.9 Å². The molecule has 0 bridgehead atoms. The van der Waals surface area contributed by atoms with E-state index in [9.17, 15) is 19.2 Å². The highest BCUT2D eigenvalue weighted by Crippen LogP contribution is 2.26. The summed E-state index contributed by atoms with van der Waals surface area (Å²) >= 11 is 6.08. The van der Waals surface area contributed by atoms with Gasteiger partial charge in [-0.3, -0.25) is 9.59 Å². The van der Waals surface area contributed by atoms with Crippen LogP contribution in [-0.2, 0) is 29.3 Å². The van der Waals surface area contributed by atoms with E-state index in [2.05, 4.69) is 16.0 Å². The van der Waals surface area contributed by atoms with Gasteiger partial charge in [0.05, 0.1) is 7.11 Å². The van der Waals surface area contributed by atoms with E-state index in [1.54, 1.807) is 6.07 Å². The lowest BCUT2D eigenvalue weighted by Crippen LogP contribution is -2.53. The molecular weight excluding hydrogens is 474 g/mol. The van der Waals surface area contributed by atoms with Crippen LogP contribution in [0.1, 0.15) is 52.5 Å². The average molecular weight is 510 g/mol. The maximum absolute atomic E-state index is 13.1. The van der Waals surface area contributed by atoms with Crippen LogP contribution in [0.5, 0.6) is 0 Å². The zero-order valence-electron chi connectivity index (χ0n) is 21.0. The molecule has 9 nitrogen and oxygen atoms in total. The molecule has 10 heteroatoms. The molecule has 1 aromatic carbocycles. The number of hydrogen-bond acceptors (Lipinski definition) is 6. The molecule has 0 aromatic heterocycles. The largest absolute Gasteiger partial charge is 0.467 e. The van der Waals surface area contributed by atoms with Crippen molar-refractivity contribution in [1.82, 2.24) is 16.0 Å². The van der Waals surface area contributed by atoms with E-state index < -0.39 is 41.4 Å². The van der Waals surface area contributed by atoms with Gasteiger partial charge in [-0.15, -0.1) is 0 Å². The first-order valence-electron chi connectivity index (χ1n) is 11.8. The lowest BCUT2D eigenvalue weighted by Gasteiger charge is -2.27. The van der Waals surface area contributed by atoms with Crippen LogP contribution < -0.4 is 16.0 Å². The van der Waals surface area contributed by atoms with Gasteiger partial charge in [0.2, 0.25) is 11.8 Å². The first-order valence-corrected chi connectivity index (χ1v) is 12.2. The number of ether oxygens (including phenoxy) is 2. The Bertz CT molecular complexity index is 920. The monoisotopic (exact) mass is 509 g/mol. The van der Waals surface area contributed by atoms with Gasteiger partial charge in [0, 0.05) is 22.9 Å². The van der Waals surface area contributed by atoms with Gasteiger partial charge in [0.1, 0.15) is 18.7 Å². The number of rotatable bonds is 11. The Labute approximate surface area is 211 Å². The Kier molecular flexibility index (Phi) is 10.4. The summed E-state index contributed by atoms with van der Waals surface area (Å²) in [6.07, 6.45) is 0.281. The van der Waals surface area contributed by atoms with Crippen LogP contribution in [0.25, 0.3) is 0 Å². The van der Waals surface area contributed by atoms with Gasteiger partial charge in [-0.1, -0.05) is 51.4 Å². The van der Waals surface area contributed by atoms with E-state index >= 15 is 0 Å². The predicted molar refractivity (Wildman–Crippen MR) is 132 cm³/mol. The quantitative estimate of drug-likeness (QED) is 0.394. The molecule has 1 saturated heterocycles. The minimum atomic E-state index is -1.00. The molecule has 35 heavy (non-hydrogen) atoms. The first-order chi connectivity index (χ1) is 16.4. The molecule has 2 rings (SSSR count). The lowest BCUT2D eigenvalue weighted by molar-refractivity contribution is -0.146. The summed E-state index contributed by atoms with van der Waals surface area (Å²) in [6, 6.07) is 5.38.